The Hall–Kier alpha value is -0.710. The van der Waals surface area contributed by atoms with Gasteiger partial charge in [0.05, 0.1) is 11.6 Å². The molecule has 1 unspecified atom stereocenters. The molecule has 21 heavy (non-hydrogen) atoms. The Balaban J connectivity index is 0.00000220. The van der Waals surface area contributed by atoms with E-state index >= 15 is 0 Å². The molecule has 1 fully saturated rings. The fourth-order valence-corrected chi connectivity index (χ4v) is 3.34. The fraction of sp³-hybridized carbons (Fsp3) is 0.562. The number of carbonyl (C=O) groups is 1. The van der Waals surface area contributed by atoms with Crippen molar-refractivity contribution in [2.45, 2.75) is 56.0 Å². The monoisotopic (exact) mass is 328 g/mol. The first-order chi connectivity index (χ1) is 9.55. The van der Waals surface area contributed by atoms with Crippen LogP contribution in [0.15, 0.2) is 29.2 Å². The molecule has 118 valence electrons. The third-order valence-corrected chi connectivity index (χ3v) is 4.88. The summed E-state index contributed by atoms with van der Waals surface area (Å²) in [7, 11) is 0. The first-order valence-corrected chi connectivity index (χ1v) is 8.36. The second-order valence-electron chi connectivity index (χ2n) is 5.56. The molecule has 0 spiro atoms. The zero-order chi connectivity index (χ0) is 14.6. The maximum Gasteiger partial charge on any atom is 0.240 e. The van der Waals surface area contributed by atoms with Gasteiger partial charge >= 0.3 is 0 Å². The molecule has 5 heteroatoms. The lowest BCUT2D eigenvalue weighted by molar-refractivity contribution is -0.126. The number of hydrogen-bond donors (Lipinski definition) is 2. The van der Waals surface area contributed by atoms with Crippen molar-refractivity contribution in [1.29, 1.82) is 0 Å². The Bertz CT molecular complexity index is 458. The molecule has 3 nitrogen and oxygen atoms in total. The highest BCUT2D eigenvalue weighted by atomic mass is 35.5. The van der Waals surface area contributed by atoms with Gasteiger partial charge in [-0.05, 0) is 43.2 Å². The molecule has 1 saturated carbocycles. The Kier molecular flexibility index (Phi) is 7.04. The van der Waals surface area contributed by atoms with Gasteiger partial charge in [0.1, 0.15) is 0 Å². The first kappa shape index (κ1) is 18.3. The van der Waals surface area contributed by atoms with Crippen LogP contribution >= 0.6 is 24.2 Å². The number of benzene rings is 1. The molecule has 0 radical (unpaired) electrons. The van der Waals surface area contributed by atoms with Crippen molar-refractivity contribution in [3.8, 4) is 0 Å². The number of carbonyl (C=O) groups excluding carboxylic acids is 1. The van der Waals surface area contributed by atoms with Gasteiger partial charge < -0.3 is 11.1 Å². The van der Waals surface area contributed by atoms with Crippen molar-refractivity contribution in [3.05, 3.63) is 29.8 Å². The zero-order valence-corrected chi connectivity index (χ0v) is 14.4. The van der Waals surface area contributed by atoms with Crippen LogP contribution in [0.2, 0.25) is 0 Å². The minimum absolute atomic E-state index is 0. The maximum atomic E-state index is 12.3. The van der Waals surface area contributed by atoms with Gasteiger partial charge in [0.25, 0.3) is 0 Å². The highest BCUT2D eigenvalue weighted by Gasteiger charge is 2.37. The van der Waals surface area contributed by atoms with Crippen molar-refractivity contribution in [2.75, 3.05) is 5.75 Å². The van der Waals surface area contributed by atoms with E-state index in [0.717, 1.165) is 37.0 Å². The molecule has 1 aliphatic carbocycles. The van der Waals surface area contributed by atoms with Crippen LogP contribution in [-0.4, -0.2) is 17.2 Å². The highest BCUT2D eigenvalue weighted by Crippen LogP contribution is 2.28. The van der Waals surface area contributed by atoms with Gasteiger partial charge in [0, 0.05) is 4.90 Å². The van der Waals surface area contributed by atoms with Crippen molar-refractivity contribution in [2.24, 2.45) is 5.73 Å². The Morgan fingerprint density at radius 1 is 1.33 bits per heavy atom. The van der Waals surface area contributed by atoms with Crippen LogP contribution in [0.1, 0.15) is 51.1 Å². The molecular formula is C16H25ClN2OS. The summed E-state index contributed by atoms with van der Waals surface area (Å²) in [6, 6.07) is 8.39. The summed E-state index contributed by atoms with van der Waals surface area (Å²) in [6.07, 6.45) is 3.72. The summed E-state index contributed by atoms with van der Waals surface area (Å²) < 4.78 is 0. The van der Waals surface area contributed by atoms with Gasteiger partial charge in [0.15, 0.2) is 0 Å². The largest absolute Gasteiger partial charge is 0.348 e. The lowest BCUT2D eigenvalue weighted by atomic mass is 9.97. The summed E-state index contributed by atoms with van der Waals surface area (Å²) in [5.74, 6) is 1.07. The van der Waals surface area contributed by atoms with Crippen LogP contribution < -0.4 is 11.1 Å². The molecule has 1 atom stereocenters. The summed E-state index contributed by atoms with van der Waals surface area (Å²) in [5.41, 5.74) is 6.66. The highest BCUT2D eigenvalue weighted by molar-refractivity contribution is 7.99. The van der Waals surface area contributed by atoms with E-state index in [0.29, 0.717) is 0 Å². The number of nitrogens with two attached hydrogens (primary N) is 1. The lowest BCUT2D eigenvalue weighted by Gasteiger charge is -2.25. The molecule has 0 aromatic heterocycles. The number of hydrogen-bond acceptors (Lipinski definition) is 3. The number of nitrogens with one attached hydrogen (secondary N) is 1. The number of halogens is 1. The van der Waals surface area contributed by atoms with Gasteiger partial charge in [-0.3, -0.25) is 4.79 Å². The van der Waals surface area contributed by atoms with Crippen LogP contribution in [0.5, 0.6) is 0 Å². The second kappa shape index (κ2) is 8.06. The summed E-state index contributed by atoms with van der Waals surface area (Å²) in [4.78, 5) is 13.5. The smallest absolute Gasteiger partial charge is 0.240 e. The Labute approximate surface area is 137 Å². The summed E-state index contributed by atoms with van der Waals surface area (Å²) >= 11 is 1.82. The predicted molar refractivity (Wildman–Crippen MR) is 92.0 cm³/mol. The van der Waals surface area contributed by atoms with E-state index in [-0.39, 0.29) is 24.4 Å². The summed E-state index contributed by atoms with van der Waals surface area (Å²) in [5, 5.41) is 3.06. The molecule has 1 amide bonds. The molecule has 3 N–H and O–H groups in total. The average molecular weight is 329 g/mol. The second-order valence-corrected chi connectivity index (χ2v) is 6.90. The van der Waals surface area contributed by atoms with Gasteiger partial charge in [-0.25, -0.2) is 0 Å². The standard InChI is InChI=1S/C16H24N2OS.ClH/c1-3-20-14-8-6-13(7-9-14)12(2)18-15(19)16(17)10-4-5-11-16;/h6-9,12H,3-5,10-11,17H2,1-2H3,(H,18,19);1H. The normalized spacial score (nSPS) is 17.9. The van der Waals surface area contributed by atoms with Crippen LogP contribution in [0.4, 0.5) is 0 Å². The quantitative estimate of drug-likeness (QED) is 0.811. The van der Waals surface area contributed by atoms with E-state index in [2.05, 4.69) is 36.5 Å². The van der Waals surface area contributed by atoms with E-state index in [1.54, 1.807) is 0 Å². The molecule has 1 aliphatic rings. The molecule has 1 aromatic rings. The SMILES string of the molecule is CCSc1ccc(C(C)NC(=O)C2(N)CCCC2)cc1.Cl. The third kappa shape index (κ3) is 4.63. The van der Waals surface area contributed by atoms with Crippen LogP contribution in [-0.2, 0) is 4.79 Å². The van der Waals surface area contributed by atoms with Gasteiger partial charge in [-0.2, -0.15) is 0 Å². The molecule has 1 aromatic carbocycles. The van der Waals surface area contributed by atoms with E-state index in [9.17, 15) is 4.79 Å². The maximum absolute atomic E-state index is 12.3. The van der Waals surface area contributed by atoms with Crippen molar-refractivity contribution >= 4 is 30.1 Å². The van der Waals surface area contributed by atoms with E-state index in [1.165, 1.54) is 4.90 Å². The number of rotatable bonds is 5. The molecule has 0 saturated heterocycles. The van der Waals surface area contributed by atoms with Crippen molar-refractivity contribution in [1.82, 2.24) is 5.32 Å². The van der Waals surface area contributed by atoms with Gasteiger partial charge in [-0.15, -0.1) is 24.2 Å². The molecule has 0 heterocycles. The van der Waals surface area contributed by atoms with Crippen LogP contribution in [0.25, 0.3) is 0 Å². The van der Waals surface area contributed by atoms with Crippen LogP contribution in [0.3, 0.4) is 0 Å². The zero-order valence-electron chi connectivity index (χ0n) is 12.7. The summed E-state index contributed by atoms with van der Waals surface area (Å²) in [6.45, 7) is 4.15. The van der Waals surface area contributed by atoms with Crippen molar-refractivity contribution in [3.63, 3.8) is 0 Å². The Morgan fingerprint density at radius 2 is 1.90 bits per heavy atom. The van der Waals surface area contributed by atoms with E-state index in [4.69, 9.17) is 5.73 Å². The molecule has 0 aliphatic heterocycles. The fourth-order valence-electron chi connectivity index (χ4n) is 2.68. The minimum atomic E-state index is -0.647. The number of thioether (sulfide) groups is 1. The van der Waals surface area contributed by atoms with E-state index in [1.807, 2.05) is 18.7 Å². The first-order valence-electron chi connectivity index (χ1n) is 7.38. The lowest BCUT2D eigenvalue weighted by Crippen LogP contribution is -2.52. The predicted octanol–water partition coefficient (Wildman–Crippen LogP) is 3.67. The number of amides is 1. The topological polar surface area (TPSA) is 55.1 Å². The van der Waals surface area contributed by atoms with E-state index < -0.39 is 5.54 Å². The van der Waals surface area contributed by atoms with Crippen molar-refractivity contribution < 1.29 is 4.79 Å². The van der Waals surface area contributed by atoms with Gasteiger partial charge in [-0.1, -0.05) is 31.9 Å². The molecule has 2 rings (SSSR count). The molecular weight excluding hydrogens is 304 g/mol. The Morgan fingerprint density at radius 3 is 2.43 bits per heavy atom. The average Bonchev–Trinajstić information content (AvgIpc) is 2.88. The van der Waals surface area contributed by atoms with Crippen LogP contribution in [0, 0.1) is 0 Å². The van der Waals surface area contributed by atoms with Gasteiger partial charge in [0.2, 0.25) is 5.91 Å². The third-order valence-electron chi connectivity index (χ3n) is 3.99. The molecule has 0 bridgehead atoms. The minimum Gasteiger partial charge on any atom is -0.348 e.